The smallest absolute Gasteiger partial charge is 0.217 e. The van der Waals surface area contributed by atoms with E-state index in [2.05, 4.69) is 0 Å². The van der Waals surface area contributed by atoms with Crippen LogP contribution in [0, 0.1) is 23.3 Å². The number of thioether (sulfide) groups is 1. The van der Waals surface area contributed by atoms with Crippen molar-refractivity contribution in [2.45, 2.75) is 20.3 Å². The molecule has 0 aliphatic carbocycles. The highest BCUT2D eigenvalue weighted by Gasteiger charge is 2.67. The van der Waals surface area contributed by atoms with Crippen molar-refractivity contribution >= 4 is 21.6 Å². The van der Waals surface area contributed by atoms with Crippen LogP contribution in [0.25, 0.3) is 0 Å². The van der Waals surface area contributed by atoms with Crippen LogP contribution in [-0.2, 0) is 9.84 Å². The second-order valence-corrected chi connectivity index (χ2v) is 7.94. The molecule has 2 nitrogen and oxygen atoms in total. The molecule has 0 spiro atoms. The number of hydrogen-bond acceptors (Lipinski definition) is 3. The van der Waals surface area contributed by atoms with Gasteiger partial charge in [0.25, 0.3) is 9.84 Å². The number of rotatable bonds is 5. The van der Waals surface area contributed by atoms with E-state index < -0.39 is 65.2 Å². The number of alkyl halides is 4. The fourth-order valence-corrected chi connectivity index (χ4v) is 3.96. The maximum atomic E-state index is 14.0. The van der Waals surface area contributed by atoms with E-state index in [9.17, 15) is 43.5 Å². The van der Waals surface area contributed by atoms with Gasteiger partial charge in [0.2, 0.25) is 0 Å². The largest absolute Gasteiger partial charge is 0.421 e. The summed E-state index contributed by atoms with van der Waals surface area (Å²) in [6.45, 7) is 0. The Balaban J connectivity index is 2.46. The molecule has 0 fully saturated rings. The molecule has 0 saturated heterocycles. The quantitative estimate of drug-likeness (QED) is 0.387. The van der Waals surface area contributed by atoms with E-state index in [-0.39, 0.29) is 24.3 Å². The van der Waals surface area contributed by atoms with Crippen molar-refractivity contribution in [1.29, 1.82) is 0 Å². The van der Waals surface area contributed by atoms with E-state index in [4.69, 9.17) is 0 Å². The fourth-order valence-electron chi connectivity index (χ4n) is 1.70. The first-order valence-corrected chi connectivity index (χ1v) is 8.69. The first-order valence-electron chi connectivity index (χ1n) is 6.39. The summed E-state index contributed by atoms with van der Waals surface area (Å²) in [6.07, 6.45) is 0. The summed E-state index contributed by atoms with van der Waals surface area (Å²) in [5, 5.41) is -11.2. The van der Waals surface area contributed by atoms with Crippen LogP contribution in [0.1, 0.15) is 0 Å². The summed E-state index contributed by atoms with van der Waals surface area (Å²) >= 11 is -1.15. The fraction of sp³-hybridized carbons (Fsp3) is 0.143. The molecule has 0 saturated carbocycles. The van der Waals surface area contributed by atoms with Gasteiger partial charge in [-0.1, -0.05) is 0 Å². The Labute approximate surface area is 145 Å². The Hall–Kier alpha value is -1.82. The standard InChI is InChI=1S/C14H6F8O2S2/c15-7-1-4-12(11(18)5-7)25-13(19,20)14(21,22)26(23,24)8-2-3-9(16)10(17)6-8/h1-6H. The molecule has 0 N–H and O–H groups in total. The predicted molar refractivity (Wildman–Crippen MR) is 75.7 cm³/mol. The zero-order valence-corrected chi connectivity index (χ0v) is 13.8. The minimum Gasteiger partial charge on any atom is -0.217 e. The van der Waals surface area contributed by atoms with E-state index in [0.717, 1.165) is 0 Å². The third kappa shape index (κ3) is 3.52. The lowest BCUT2D eigenvalue weighted by atomic mass is 10.3. The number of halogens is 8. The maximum absolute atomic E-state index is 14.0. The Kier molecular flexibility index (Phi) is 5.30. The third-order valence-corrected chi connectivity index (χ3v) is 6.01. The van der Waals surface area contributed by atoms with Gasteiger partial charge in [-0.2, -0.15) is 17.6 Å². The van der Waals surface area contributed by atoms with E-state index in [1.54, 1.807) is 0 Å². The molecule has 2 aromatic carbocycles. The highest BCUT2D eigenvalue weighted by atomic mass is 32.2. The Morgan fingerprint density at radius 3 is 1.92 bits per heavy atom. The topological polar surface area (TPSA) is 34.1 Å². The van der Waals surface area contributed by atoms with E-state index in [0.29, 0.717) is 12.1 Å². The molecule has 0 amide bonds. The van der Waals surface area contributed by atoms with E-state index in [1.807, 2.05) is 0 Å². The summed E-state index contributed by atoms with van der Waals surface area (Å²) in [4.78, 5) is -2.74. The highest BCUT2D eigenvalue weighted by Crippen LogP contribution is 2.51. The second kappa shape index (κ2) is 6.72. The Morgan fingerprint density at radius 1 is 0.769 bits per heavy atom. The van der Waals surface area contributed by atoms with Gasteiger partial charge < -0.3 is 0 Å². The molecule has 0 aromatic heterocycles. The molecule has 2 rings (SSSR count). The van der Waals surface area contributed by atoms with Gasteiger partial charge in [-0.25, -0.2) is 26.0 Å². The van der Waals surface area contributed by atoms with Crippen LogP contribution < -0.4 is 0 Å². The molecule has 0 radical (unpaired) electrons. The molecule has 0 aliphatic heterocycles. The Morgan fingerprint density at radius 2 is 1.38 bits per heavy atom. The van der Waals surface area contributed by atoms with Gasteiger partial charge in [-0.3, -0.25) is 0 Å². The molecule has 12 heteroatoms. The van der Waals surface area contributed by atoms with Gasteiger partial charge in [0.15, 0.2) is 11.6 Å². The zero-order chi connectivity index (χ0) is 19.9. The van der Waals surface area contributed by atoms with Crippen LogP contribution >= 0.6 is 11.8 Å². The summed E-state index contributed by atoms with van der Waals surface area (Å²) in [5.41, 5.74) is 0. The van der Waals surface area contributed by atoms with Crippen molar-refractivity contribution in [3.8, 4) is 0 Å². The minimum absolute atomic E-state index is 0.139. The van der Waals surface area contributed by atoms with Crippen LogP contribution in [0.2, 0.25) is 0 Å². The van der Waals surface area contributed by atoms with Crippen LogP contribution in [-0.4, -0.2) is 18.9 Å². The van der Waals surface area contributed by atoms with Crippen LogP contribution in [0.5, 0.6) is 0 Å². The van der Waals surface area contributed by atoms with Gasteiger partial charge in [0.05, 0.1) is 4.90 Å². The molecule has 2 aromatic rings. The molecule has 0 atom stereocenters. The average Bonchev–Trinajstić information content (AvgIpc) is 2.52. The first-order chi connectivity index (χ1) is 11.8. The third-order valence-electron chi connectivity index (χ3n) is 3.01. The van der Waals surface area contributed by atoms with Crippen molar-refractivity contribution < 1.29 is 43.5 Å². The Bertz CT molecular complexity index is 944. The first kappa shape index (κ1) is 20.5. The highest BCUT2D eigenvalue weighted by molar-refractivity contribution is 8.02. The normalized spacial score (nSPS) is 13.1. The van der Waals surface area contributed by atoms with Crippen molar-refractivity contribution in [1.82, 2.24) is 0 Å². The summed E-state index contributed by atoms with van der Waals surface area (Å²) in [5.74, 6) is -6.21. The molecule has 142 valence electrons. The lowest BCUT2D eigenvalue weighted by Gasteiger charge is -2.25. The number of hydrogen-bond donors (Lipinski definition) is 0. The molecule has 0 bridgehead atoms. The van der Waals surface area contributed by atoms with Crippen LogP contribution in [0.3, 0.4) is 0 Å². The monoisotopic (exact) mass is 422 g/mol. The van der Waals surface area contributed by atoms with Crippen molar-refractivity contribution in [3.05, 3.63) is 59.7 Å². The summed E-state index contributed by atoms with van der Waals surface area (Å²) < 4.78 is 132. The minimum atomic E-state index is -6.18. The van der Waals surface area contributed by atoms with Crippen LogP contribution in [0.4, 0.5) is 35.1 Å². The lowest BCUT2D eigenvalue weighted by molar-refractivity contribution is -0.0902. The van der Waals surface area contributed by atoms with E-state index >= 15 is 0 Å². The second-order valence-electron chi connectivity index (χ2n) is 4.79. The maximum Gasteiger partial charge on any atom is 0.421 e. The predicted octanol–water partition coefficient (Wildman–Crippen LogP) is 4.99. The van der Waals surface area contributed by atoms with Crippen molar-refractivity contribution in [2.24, 2.45) is 0 Å². The lowest BCUT2D eigenvalue weighted by Crippen LogP contribution is -2.44. The number of benzene rings is 2. The summed E-state index contributed by atoms with van der Waals surface area (Å²) in [6, 6.07) is 1.23. The van der Waals surface area contributed by atoms with Gasteiger partial charge in [-0.15, -0.1) is 0 Å². The average molecular weight is 422 g/mol. The molecular formula is C14H6F8O2S2. The molecule has 0 heterocycles. The molecule has 26 heavy (non-hydrogen) atoms. The number of sulfone groups is 1. The van der Waals surface area contributed by atoms with Gasteiger partial charge in [0.1, 0.15) is 11.6 Å². The molecular weight excluding hydrogens is 416 g/mol. The van der Waals surface area contributed by atoms with Gasteiger partial charge in [-0.05, 0) is 42.1 Å². The molecule has 0 unspecified atom stereocenters. The van der Waals surface area contributed by atoms with Crippen LogP contribution in [0.15, 0.2) is 46.2 Å². The molecule has 0 aliphatic rings. The zero-order valence-electron chi connectivity index (χ0n) is 12.1. The SMILES string of the molecule is O=S(=O)(c1ccc(F)c(F)c1)C(F)(F)C(F)(F)Sc1ccc(F)cc1F. The summed E-state index contributed by atoms with van der Waals surface area (Å²) in [7, 11) is -6.18. The van der Waals surface area contributed by atoms with Crippen molar-refractivity contribution in [3.63, 3.8) is 0 Å². The van der Waals surface area contributed by atoms with Gasteiger partial charge in [0, 0.05) is 11.0 Å². The van der Waals surface area contributed by atoms with Gasteiger partial charge >= 0.3 is 10.5 Å². The van der Waals surface area contributed by atoms with Crippen molar-refractivity contribution in [2.75, 3.05) is 0 Å². The van der Waals surface area contributed by atoms with E-state index in [1.165, 1.54) is 0 Å².